The minimum Gasteiger partial charge on any atom is -0.493 e. The van der Waals surface area contributed by atoms with Gasteiger partial charge in [-0.2, -0.15) is 17.2 Å². The summed E-state index contributed by atoms with van der Waals surface area (Å²) in [6.45, 7) is 12.6. The molecule has 19 atom stereocenters. The quantitative estimate of drug-likeness (QED) is 0.0132. The number of alkyl carbamates (subject to hydrolysis) is 1. The van der Waals surface area contributed by atoms with Crippen molar-refractivity contribution in [2.45, 2.75) is 175 Å². The van der Waals surface area contributed by atoms with Gasteiger partial charge in [-0.15, -0.1) is 0 Å². The maximum atomic E-state index is 15.6. The molecule has 19 unspecified atom stereocenters. The van der Waals surface area contributed by atoms with Gasteiger partial charge >= 0.3 is 12.1 Å². The third kappa shape index (κ3) is 17.6. The standard InChI is InChI=1S/C59H80N4O22S4/c1-28(2)60-36-27-77-43(25-39(36)73-8)83-52-50(66)47(63-85-45-24-37(64)53(86-12)31(5)79-45)29(3)80-57(52)82-38-18-16-14-15-17-20-59(71)34(19-21-88-89-87-13)46(38)48(62-58(70)76-11)51(67)54(59)84-44-26-42(49(65)30(4)78-44)81-56(69)33-22-40(74-9)41(75-10)23-35(33)61-55(68)32(6)72-7/h14-15,19,22-23,28-31,36-39,42-45,47,49-50,52-54,57,60,63-66,71H,6,21,24-27H2,1-5,7-13H3,(H,61,68)(H,62,70). The molecule has 8 N–H and O–H groups in total. The summed E-state index contributed by atoms with van der Waals surface area (Å²) >= 11 is 1.47. The zero-order valence-electron chi connectivity index (χ0n) is 51.4. The van der Waals surface area contributed by atoms with Gasteiger partial charge in [0, 0.05) is 61.4 Å². The average Bonchev–Trinajstić information content (AvgIpc) is 0.971. The van der Waals surface area contributed by atoms with Crippen LogP contribution in [0.25, 0.3) is 0 Å². The van der Waals surface area contributed by atoms with Crippen LogP contribution in [0, 0.1) is 23.7 Å². The zero-order valence-corrected chi connectivity index (χ0v) is 54.6. The van der Waals surface area contributed by atoms with Gasteiger partial charge in [-0.25, -0.2) is 9.59 Å². The Bertz CT molecular complexity index is 2890. The van der Waals surface area contributed by atoms with E-state index in [1.165, 1.54) is 95.7 Å². The number of hydrogen-bond donors (Lipinski definition) is 8. The van der Waals surface area contributed by atoms with Crippen LogP contribution in [0.15, 0.2) is 59.5 Å². The van der Waals surface area contributed by atoms with Crippen molar-refractivity contribution in [2.24, 2.45) is 0 Å². The number of carbonyl (C=O) groups is 4. The number of rotatable bonds is 25. The number of amides is 2. The van der Waals surface area contributed by atoms with Crippen LogP contribution in [0.5, 0.6) is 11.5 Å². The van der Waals surface area contributed by atoms with Crippen LogP contribution in [0.4, 0.5) is 10.5 Å². The number of thioether (sulfide) groups is 1. The molecule has 1 aromatic carbocycles. The monoisotopic (exact) mass is 1320 g/mol. The van der Waals surface area contributed by atoms with Gasteiger partial charge in [0.2, 0.25) is 5.78 Å². The fraction of sp³-hybridized carbons (Fsp3) is 0.627. The predicted molar refractivity (Wildman–Crippen MR) is 330 cm³/mol. The highest BCUT2D eigenvalue weighted by molar-refractivity contribution is 9.09. The topological polar surface area (TPSA) is 327 Å². The number of allylic oxidation sites excluding steroid dienone is 2. The number of aliphatic hydroxyl groups excluding tert-OH is 3. The first-order valence-corrected chi connectivity index (χ1v) is 33.8. The van der Waals surface area contributed by atoms with Gasteiger partial charge in [0.25, 0.3) is 5.91 Å². The third-order valence-electron chi connectivity index (χ3n) is 15.2. The second-order valence-corrected chi connectivity index (χ2v) is 26.8. The van der Waals surface area contributed by atoms with Crippen molar-refractivity contribution in [1.29, 1.82) is 0 Å². The Labute approximate surface area is 533 Å². The van der Waals surface area contributed by atoms with Crippen molar-refractivity contribution in [3.63, 3.8) is 0 Å². The molecule has 2 aliphatic carbocycles. The molecule has 0 aromatic heterocycles. The minimum atomic E-state index is -2.66. The van der Waals surface area contributed by atoms with E-state index in [-0.39, 0.29) is 88.3 Å². The third-order valence-corrected chi connectivity index (χ3v) is 20.2. The van der Waals surface area contributed by atoms with Crippen molar-refractivity contribution in [1.82, 2.24) is 16.1 Å². The summed E-state index contributed by atoms with van der Waals surface area (Å²) in [6.07, 6.45) is -11.7. The van der Waals surface area contributed by atoms with Gasteiger partial charge in [-0.1, -0.05) is 71.8 Å². The Kier molecular flexibility index (Phi) is 26.9. The molecule has 26 nitrogen and oxygen atoms in total. The second-order valence-electron chi connectivity index (χ2n) is 21.4. The van der Waals surface area contributed by atoms with E-state index in [1.807, 2.05) is 33.3 Å². The number of esters is 1. The van der Waals surface area contributed by atoms with Gasteiger partial charge in [0.15, 0.2) is 54.1 Å². The fourth-order valence-corrected chi connectivity index (χ4v) is 14.1. The van der Waals surface area contributed by atoms with Gasteiger partial charge in [0.05, 0.1) is 99.8 Å². The van der Waals surface area contributed by atoms with E-state index in [4.69, 9.17) is 66.4 Å². The highest BCUT2D eigenvalue weighted by atomic mass is 33.5. The summed E-state index contributed by atoms with van der Waals surface area (Å²) in [5.41, 5.74) is -0.949. The van der Waals surface area contributed by atoms with E-state index in [1.54, 1.807) is 20.1 Å². The van der Waals surface area contributed by atoms with Crippen molar-refractivity contribution >= 4 is 72.6 Å². The number of ketones is 1. The van der Waals surface area contributed by atoms with Gasteiger partial charge < -0.3 is 92.6 Å². The van der Waals surface area contributed by atoms with Gasteiger partial charge in [0.1, 0.15) is 30.5 Å². The molecule has 0 saturated carbocycles. The molecule has 492 valence electrons. The molecule has 4 fully saturated rings. The number of Topliss-reactive ketones (excluding diaryl/α,β-unsaturated/α-hetero) is 1. The SMILES string of the molecule is C=C(OC)C(=O)Nc1cc(OC)c(OC)cc1C(=O)OC1CC(OC2C(=O)C(NC(=O)OC)=C3C(=CCSSSC)C2(O)C#CC=CC#CC3OC2OC(C)C(NOC3CC(O)C(SC)C(C)O3)C(O)C2OC2CC(OC)C(NC(C)C)CO2)OC(C)C1O. The number of fused-ring (bicyclic) bond motifs is 2. The number of nitrogens with one attached hydrogen (secondary N) is 4. The fourth-order valence-electron chi connectivity index (χ4n) is 10.8. The summed E-state index contributed by atoms with van der Waals surface area (Å²) in [6, 6.07) is 1.39. The number of ether oxygens (including phenoxy) is 13. The molecular formula is C59H80N4O22S4. The van der Waals surface area contributed by atoms with E-state index in [0.29, 0.717) is 0 Å². The van der Waals surface area contributed by atoms with E-state index in [2.05, 4.69) is 51.7 Å². The maximum absolute atomic E-state index is 15.6. The van der Waals surface area contributed by atoms with Crippen LogP contribution in [-0.2, 0) is 66.5 Å². The average molecular weight is 1330 g/mol. The molecule has 4 aliphatic heterocycles. The summed E-state index contributed by atoms with van der Waals surface area (Å²) in [5.74, 6) is 8.60. The summed E-state index contributed by atoms with van der Waals surface area (Å²) in [5, 5.41) is 56.8. The van der Waals surface area contributed by atoms with Crippen LogP contribution in [0.1, 0.15) is 64.2 Å². The summed E-state index contributed by atoms with van der Waals surface area (Å²) < 4.78 is 77.9. The van der Waals surface area contributed by atoms with Crippen LogP contribution in [-0.4, -0.2) is 226 Å². The lowest BCUT2D eigenvalue weighted by atomic mass is 9.73. The second kappa shape index (κ2) is 33.3. The number of aliphatic hydroxyl groups is 4. The molecule has 6 aliphatic rings. The van der Waals surface area contributed by atoms with Crippen LogP contribution in [0.3, 0.4) is 0 Å². The lowest BCUT2D eigenvalue weighted by Gasteiger charge is -2.47. The van der Waals surface area contributed by atoms with Gasteiger partial charge in [-0.05, 0) is 55.3 Å². The number of hydroxylamine groups is 1. The summed E-state index contributed by atoms with van der Waals surface area (Å²) in [4.78, 5) is 62.5. The number of hydrogen-bond acceptors (Lipinski definition) is 28. The van der Waals surface area contributed by atoms with Crippen molar-refractivity contribution in [3.05, 3.63) is 65.1 Å². The normalized spacial score (nSPS) is 34.1. The molecule has 7 rings (SSSR count). The smallest absolute Gasteiger partial charge is 0.411 e. The molecule has 4 heterocycles. The Morgan fingerprint density at radius 2 is 1.56 bits per heavy atom. The van der Waals surface area contributed by atoms with Crippen LogP contribution >= 0.6 is 43.2 Å². The van der Waals surface area contributed by atoms with E-state index in [9.17, 15) is 34.8 Å². The highest BCUT2D eigenvalue weighted by Crippen LogP contribution is 2.44. The number of carbonyl (C=O) groups excluding carboxylic acids is 4. The van der Waals surface area contributed by atoms with Crippen molar-refractivity contribution in [2.75, 3.05) is 65.7 Å². The summed E-state index contributed by atoms with van der Waals surface area (Å²) in [7, 11) is 10.8. The molecule has 1 aromatic rings. The van der Waals surface area contributed by atoms with E-state index in [0.717, 1.165) is 7.11 Å². The highest BCUT2D eigenvalue weighted by Gasteiger charge is 2.57. The molecule has 30 heteroatoms. The van der Waals surface area contributed by atoms with E-state index < -0.39 is 134 Å². The van der Waals surface area contributed by atoms with Crippen LogP contribution in [0.2, 0.25) is 0 Å². The molecular weight excluding hydrogens is 1240 g/mol. The predicted octanol–water partition coefficient (Wildman–Crippen LogP) is 3.42. The Hall–Kier alpha value is -4.62. The number of benzene rings is 1. The first-order chi connectivity index (χ1) is 42.5. The minimum absolute atomic E-state index is 0.0843. The first kappa shape index (κ1) is 71.8. The van der Waals surface area contributed by atoms with Gasteiger partial charge in [-0.3, -0.25) is 19.7 Å². The van der Waals surface area contributed by atoms with Crippen LogP contribution < -0.4 is 30.9 Å². The first-order valence-electron chi connectivity index (χ1n) is 28.4. The maximum Gasteiger partial charge on any atom is 0.411 e. The van der Waals surface area contributed by atoms with Crippen molar-refractivity contribution in [3.8, 4) is 35.2 Å². The molecule has 2 amide bonds. The zero-order chi connectivity index (χ0) is 64.9. The molecule has 0 radical (unpaired) electrons. The lowest BCUT2D eigenvalue weighted by Crippen LogP contribution is -2.65. The molecule has 2 bridgehead atoms. The Morgan fingerprint density at radius 1 is 0.854 bits per heavy atom. The number of methoxy groups -OCH3 is 5. The Morgan fingerprint density at radius 3 is 2.22 bits per heavy atom. The molecule has 89 heavy (non-hydrogen) atoms. The van der Waals surface area contributed by atoms with Crippen molar-refractivity contribution < 1.29 is 106 Å². The largest absolute Gasteiger partial charge is 0.493 e. The molecule has 4 saturated heterocycles. The molecule has 0 spiro atoms. The Balaban J connectivity index is 1.27. The lowest BCUT2D eigenvalue weighted by molar-refractivity contribution is -0.336. The number of anilines is 1. The van der Waals surface area contributed by atoms with E-state index >= 15 is 4.79 Å².